The van der Waals surface area contributed by atoms with Crippen molar-refractivity contribution in [3.05, 3.63) is 52.3 Å². The predicted octanol–water partition coefficient (Wildman–Crippen LogP) is 3.41. The number of pyridine rings is 1. The number of piperidine rings is 1. The summed E-state index contributed by atoms with van der Waals surface area (Å²) in [6.45, 7) is 11.9. The minimum absolute atomic E-state index is 0.0230. The second-order valence-corrected chi connectivity index (χ2v) is 8.76. The van der Waals surface area contributed by atoms with Crippen LogP contribution in [-0.4, -0.2) is 58.0 Å². The molecule has 1 aliphatic rings. The number of thiazole rings is 1. The van der Waals surface area contributed by atoms with Crippen LogP contribution in [0.5, 0.6) is 0 Å². The number of amides is 1. The van der Waals surface area contributed by atoms with Gasteiger partial charge >= 0.3 is 4.87 Å². The monoisotopic (exact) mass is 434 g/mol. The van der Waals surface area contributed by atoms with Crippen LogP contribution < -0.4 is 4.87 Å². The van der Waals surface area contributed by atoms with Gasteiger partial charge < -0.3 is 4.90 Å². The second-order valence-electron chi connectivity index (χ2n) is 7.38. The Morgan fingerprint density at radius 1 is 1.31 bits per heavy atom. The van der Waals surface area contributed by atoms with Gasteiger partial charge in [0, 0.05) is 32.4 Å². The molecule has 0 saturated carbocycles. The highest BCUT2D eigenvalue weighted by molar-refractivity contribution is 7.16. The summed E-state index contributed by atoms with van der Waals surface area (Å²) in [4.78, 5) is 33.9. The summed E-state index contributed by atoms with van der Waals surface area (Å²) in [6, 6.07) is 1.69. The molecule has 0 spiro atoms. The average Bonchev–Trinajstić information content (AvgIpc) is 3.01. The number of nitrogens with zero attached hydrogens (tertiary/aromatic N) is 4. The number of hydrogen-bond acceptors (Lipinski definition) is 5. The topological polar surface area (TPSA) is 58.4 Å². The van der Waals surface area contributed by atoms with Crippen LogP contribution in [0.3, 0.4) is 0 Å². The predicted molar refractivity (Wildman–Crippen MR) is 120 cm³/mol. The fraction of sp³-hybridized carbons (Fsp3) is 0.476. The molecule has 2 aromatic heterocycles. The van der Waals surface area contributed by atoms with Crippen LogP contribution in [0.1, 0.15) is 19.3 Å². The first-order valence-electron chi connectivity index (χ1n) is 9.88. The van der Waals surface area contributed by atoms with Crippen LogP contribution in [0.25, 0.3) is 10.3 Å². The molecule has 0 bridgehead atoms. The molecule has 29 heavy (non-hydrogen) atoms. The van der Waals surface area contributed by atoms with E-state index in [4.69, 9.17) is 11.6 Å². The molecule has 8 heteroatoms. The van der Waals surface area contributed by atoms with Crippen LogP contribution in [0.4, 0.5) is 0 Å². The molecule has 3 heterocycles. The number of carbonyl (C=O) groups is 1. The highest BCUT2D eigenvalue weighted by Crippen LogP contribution is 2.22. The maximum Gasteiger partial charge on any atom is 0.310 e. The Morgan fingerprint density at radius 3 is 2.66 bits per heavy atom. The number of hydrogen-bond donors (Lipinski definition) is 0. The van der Waals surface area contributed by atoms with Crippen LogP contribution in [0.15, 0.2) is 42.4 Å². The smallest absolute Gasteiger partial charge is 0.310 e. The highest BCUT2D eigenvalue weighted by Gasteiger charge is 2.24. The zero-order chi connectivity index (χ0) is 20.8. The van der Waals surface area contributed by atoms with E-state index in [1.807, 2.05) is 17.1 Å². The Morgan fingerprint density at radius 2 is 2.00 bits per heavy atom. The van der Waals surface area contributed by atoms with Crippen molar-refractivity contribution in [3.63, 3.8) is 0 Å². The Balaban J connectivity index is 1.54. The van der Waals surface area contributed by atoms with Crippen molar-refractivity contribution in [2.24, 2.45) is 5.92 Å². The summed E-state index contributed by atoms with van der Waals surface area (Å²) in [7, 11) is 0. The molecule has 156 valence electrons. The van der Waals surface area contributed by atoms with Crippen LogP contribution in [0.2, 0.25) is 5.02 Å². The summed E-state index contributed by atoms with van der Waals surface area (Å²) in [5.41, 5.74) is 0.625. The van der Waals surface area contributed by atoms with Crippen LogP contribution >= 0.6 is 22.9 Å². The third-order valence-corrected chi connectivity index (χ3v) is 6.49. The molecule has 0 atom stereocenters. The standard InChI is InChI=1S/C21H27ClN4O2S/c1-3-8-24(9-4-2)10-5-16-6-11-25(12-7-16)19(27)15-26-18-13-17(22)14-23-20(18)29-21(26)28/h3-4,13-14,16H,1-2,5-12,15H2. The fourth-order valence-electron chi connectivity index (χ4n) is 3.77. The summed E-state index contributed by atoms with van der Waals surface area (Å²) in [5, 5.41) is 0.458. The SMILES string of the molecule is C=CCN(CC=C)CCC1CCN(C(=O)Cn2c(=O)sc3ncc(Cl)cc32)CC1. The maximum atomic E-state index is 12.8. The Kier molecular flexibility index (Phi) is 7.64. The van der Waals surface area contributed by atoms with Gasteiger partial charge in [-0.15, -0.1) is 13.2 Å². The van der Waals surface area contributed by atoms with Gasteiger partial charge in [-0.3, -0.25) is 19.1 Å². The van der Waals surface area contributed by atoms with Crippen molar-refractivity contribution in [1.29, 1.82) is 0 Å². The van der Waals surface area contributed by atoms with Gasteiger partial charge in [0.05, 0.1) is 10.5 Å². The van der Waals surface area contributed by atoms with Gasteiger partial charge in [-0.1, -0.05) is 35.1 Å². The maximum absolute atomic E-state index is 12.8. The van der Waals surface area contributed by atoms with Crippen molar-refractivity contribution in [3.8, 4) is 0 Å². The van der Waals surface area contributed by atoms with Gasteiger partial charge in [-0.2, -0.15) is 0 Å². The molecule has 1 fully saturated rings. The second kappa shape index (κ2) is 10.2. The molecular weight excluding hydrogens is 408 g/mol. The van der Waals surface area contributed by atoms with Gasteiger partial charge in [0.1, 0.15) is 11.4 Å². The largest absolute Gasteiger partial charge is 0.341 e. The van der Waals surface area contributed by atoms with Crippen LogP contribution in [0, 0.1) is 5.92 Å². The zero-order valence-corrected chi connectivity index (χ0v) is 18.1. The van der Waals surface area contributed by atoms with E-state index in [2.05, 4.69) is 23.0 Å². The zero-order valence-electron chi connectivity index (χ0n) is 16.6. The van der Waals surface area contributed by atoms with E-state index < -0.39 is 0 Å². The lowest BCUT2D eigenvalue weighted by atomic mass is 9.93. The summed E-state index contributed by atoms with van der Waals surface area (Å²) >= 11 is 7.05. The minimum atomic E-state index is -0.178. The first-order chi connectivity index (χ1) is 14.0. The molecule has 1 aliphatic heterocycles. The molecule has 1 amide bonds. The molecule has 3 rings (SSSR count). The van der Waals surface area contributed by atoms with Gasteiger partial charge in [0.25, 0.3) is 0 Å². The Labute approximate surface area is 180 Å². The van der Waals surface area contributed by atoms with Crippen molar-refractivity contribution in [2.75, 3.05) is 32.7 Å². The minimum Gasteiger partial charge on any atom is -0.341 e. The number of rotatable bonds is 9. The lowest BCUT2D eigenvalue weighted by Gasteiger charge is -2.33. The number of aromatic nitrogens is 2. The van der Waals surface area contributed by atoms with Gasteiger partial charge in [0.15, 0.2) is 0 Å². The highest BCUT2D eigenvalue weighted by atomic mass is 35.5. The van der Waals surface area contributed by atoms with E-state index in [9.17, 15) is 9.59 Å². The number of halogens is 1. The van der Waals surface area contributed by atoms with Crippen LogP contribution in [-0.2, 0) is 11.3 Å². The van der Waals surface area contributed by atoms with E-state index in [-0.39, 0.29) is 17.3 Å². The van der Waals surface area contributed by atoms with E-state index in [0.717, 1.165) is 63.3 Å². The average molecular weight is 435 g/mol. The molecule has 6 nitrogen and oxygen atoms in total. The van der Waals surface area contributed by atoms with Crippen molar-refractivity contribution in [2.45, 2.75) is 25.8 Å². The third-order valence-electron chi connectivity index (χ3n) is 5.38. The quantitative estimate of drug-likeness (QED) is 0.567. The molecule has 2 aromatic rings. The van der Waals surface area contributed by atoms with E-state index in [1.54, 1.807) is 6.07 Å². The molecule has 1 saturated heterocycles. The van der Waals surface area contributed by atoms with Gasteiger partial charge in [0.2, 0.25) is 5.91 Å². The lowest BCUT2D eigenvalue weighted by Crippen LogP contribution is -2.41. The molecule has 0 N–H and O–H groups in total. The summed E-state index contributed by atoms with van der Waals surface area (Å²) in [6.07, 6.45) is 8.46. The van der Waals surface area contributed by atoms with E-state index in [0.29, 0.717) is 21.3 Å². The molecule has 0 unspecified atom stereocenters. The third kappa shape index (κ3) is 5.56. The van der Waals surface area contributed by atoms with Gasteiger partial charge in [-0.25, -0.2) is 4.98 Å². The summed E-state index contributed by atoms with van der Waals surface area (Å²) < 4.78 is 1.48. The molecule has 0 aromatic carbocycles. The lowest BCUT2D eigenvalue weighted by molar-refractivity contribution is -0.133. The van der Waals surface area contributed by atoms with Crippen molar-refractivity contribution in [1.82, 2.24) is 19.4 Å². The van der Waals surface area contributed by atoms with Crippen molar-refractivity contribution < 1.29 is 4.79 Å². The normalized spacial score (nSPS) is 15.2. The number of likely N-dealkylation sites (tertiary alicyclic amines) is 1. The molecule has 0 radical (unpaired) electrons. The number of fused-ring (bicyclic) bond motifs is 1. The summed E-state index contributed by atoms with van der Waals surface area (Å²) in [5.74, 6) is 0.592. The fourth-order valence-corrected chi connectivity index (χ4v) is 4.74. The number of carbonyl (C=O) groups excluding carboxylic acids is 1. The first-order valence-corrected chi connectivity index (χ1v) is 11.1. The van der Waals surface area contributed by atoms with Crippen molar-refractivity contribution >= 4 is 39.2 Å². The molecular formula is C21H27ClN4O2S. The van der Waals surface area contributed by atoms with E-state index in [1.165, 1.54) is 10.8 Å². The van der Waals surface area contributed by atoms with E-state index >= 15 is 0 Å². The Bertz CT molecular complexity index is 920. The molecule has 0 aliphatic carbocycles. The van der Waals surface area contributed by atoms with Gasteiger partial charge in [-0.05, 0) is 37.8 Å². The Hall–Kier alpha value is -1.96. The first kappa shape index (κ1) is 21.7.